The number of aromatic nitrogens is 3. The van der Waals surface area contributed by atoms with Gasteiger partial charge in [0.1, 0.15) is 5.69 Å². The van der Waals surface area contributed by atoms with Crippen LogP contribution >= 0.6 is 0 Å². The molecule has 0 aromatic carbocycles. The first-order valence-corrected chi connectivity index (χ1v) is 9.22. The van der Waals surface area contributed by atoms with Crippen molar-refractivity contribution in [3.63, 3.8) is 0 Å². The number of carbonyl (C=O) groups excluding carboxylic acids is 1. The van der Waals surface area contributed by atoms with Gasteiger partial charge >= 0.3 is 0 Å². The van der Waals surface area contributed by atoms with Crippen LogP contribution in [0.4, 0.5) is 0 Å². The van der Waals surface area contributed by atoms with Crippen LogP contribution in [0.3, 0.4) is 0 Å². The van der Waals surface area contributed by atoms with E-state index in [1.807, 2.05) is 25.2 Å². The molecule has 26 heavy (non-hydrogen) atoms. The van der Waals surface area contributed by atoms with Gasteiger partial charge in [0.05, 0.1) is 24.9 Å². The van der Waals surface area contributed by atoms with Gasteiger partial charge in [-0.3, -0.25) is 19.4 Å². The average molecular weight is 357 g/mol. The zero-order valence-corrected chi connectivity index (χ0v) is 15.5. The van der Waals surface area contributed by atoms with Gasteiger partial charge in [0.25, 0.3) is 5.91 Å². The Morgan fingerprint density at radius 1 is 1.31 bits per heavy atom. The number of rotatable bonds is 7. The summed E-state index contributed by atoms with van der Waals surface area (Å²) in [6.45, 7) is 5.80. The van der Waals surface area contributed by atoms with Crippen LogP contribution in [-0.2, 0) is 18.2 Å². The zero-order chi connectivity index (χ0) is 18.4. The van der Waals surface area contributed by atoms with Crippen LogP contribution in [0, 0.1) is 0 Å². The lowest BCUT2D eigenvalue weighted by atomic mass is 10.1. The summed E-state index contributed by atoms with van der Waals surface area (Å²) in [5.41, 5.74) is 2.71. The lowest BCUT2D eigenvalue weighted by molar-refractivity contribution is 0.0162. The zero-order valence-electron chi connectivity index (χ0n) is 15.5. The molecule has 1 N–H and O–H groups in total. The Bertz CT molecular complexity index is 710. The SMILES string of the molecule is CCCc1cc(C(=O)NC[C@H](c2ccncc2)N2CCOCC2)n(C)n1. The third kappa shape index (κ3) is 4.47. The van der Waals surface area contributed by atoms with E-state index in [2.05, 4.69) is 27.2 Å². The van der Waals surface area contributed by atoms with E-state index in [9.17, 15) is 4.79 Å². The summed E-state index contributed by atoms with van der Waals surface area (Å²) in [6, 6.07) is 6.01. The number of carbonyl (C=O) groups is 1. The maximum atomic E-state index is 12.7. The summed E-state index contributed by atoms with van der Waals surface area (Å²) < 4.78 is 7.13. The van der Waals surface area contributed by atoms with Gasteiger partial charge in [0.2, 0.25) is 0 Å². The Balaban J connectivity index is 1.70. The molecule has 1 saturated heterocycles. The molecule has 140 valence electrons. The van der Waals surface area contributed by atoms with Crippen molar-refractivity contribution in [3.8, 4) is 0 Å². The minimum absolute atomic E-state index is 0.0883. The average Bonchev–Trinajstić information content (AvgIpc) is 3.04. The van der Waals surface area contributed by atoms with Gasteiger partial charge in [-0.05, 0) is 30.2 Å². The number of nitrogens with one attached hydrogen (secondary N) is 1. The summed E-state index contributed by atoms with van der Waals surface area (Å²) in [6.07, 6.45) is 5.49. The van der Waals surface area contributed by atoms with E-state index in [0.717, 1.165) is 50.4 Å². The maximum absolute atomic E-state index is 12.7. The first-order chi connectivity index (χ1) is 12.7. The van der Waals surface area contributed by atoms with Gasteiger partial charge in [0.15, 0.2) is 0 Å². The molecule has 2 aromatic heterocycles. The van der Waals surface area contributed by atoms with Gasteiger partial charge in [-0.2, -0.15) is 5.10 Å². The first kappa shape index (κ1) is 18.5. The fraction of sp³-hybridized carbons (Fsp3) is 0.526. The molecule has 1 fully saturated rings. The Morgan fingerprint density at radius 3 is 2.73 bits per heavy atom. The fourth-order valence-electron chi connectivity index (χ4n) is 3.33. The number of pyridine rings is 1. The fourth-order valence-corrected chi connectivity index (χ4v) is 3.33. The van der Waals surface area contributed by atoms with Crippen LogP contribution < -0.4 is 5.32 Å². The molecule has 7 nitrogen and oxygen atoms in total. The van der Waals surface area contributed by atoms with E-state index in [1.165, 1.54) is 0 Å². The quantitative estimate of drug-likeness (QED) is 0.814. The van der Waals surface area contributed by atoms with Crippen LogP contribution in [0.2, 0.25) is 0 Å². The van der Waals surface area contributed by atoms with Crippen LogP contribution in [0.1, 0.15) is 41.1 Å². The normalized spacial score (nSPS) is 16.4. The number of amides is 1. The second-order valence-corrected chi connectivity index (χ2v) is 6.55. The molecule has 1 atom stereocenters. The highest BCUT2D eigenvalue weighted by Gasteiger charge is 2.24. The molecule has 3 heterocycles. The number of hydrogen-bond donors (Lipinski definition) is 1. The highest BCUT2D eigenvalue weighted by Crippen LogP contribution is 2.20. The summed E-state index contributed by atoms with van der Waals surface area (Å²) >= 11 is 0. The van der Waals surface area contributed by atoms with Crippen molar-refractivity contribution in [1.82, 2.24) is 25.0 Å². The third-order valence-electron chi connectivity index (χ3n) is 4.70. The monoisotopic (exact) mass is 357 g/mol. The molecule has 3 rings (SSSR count). The van der Waals surface area contributed by atoms with Gasteiger partial charge in [-0.1, -0.05) is 13.3 Å². The molecule has 1 aliphatic heterocycles. The first-order valence-electron chi connectivity index (χ1n) is 9.22. The van der Waals surface area contributed by atoms with Gasteiger partial charge < -0.3 is 10.1 Å². The molecule has 2 aromatic rings. The van der Waals surface area contributed by atoms with Crippen molar-refractivity contribution in [2.24, 2.45) is 7.05 Å². The molecular weight excluding hydrogens is 330 g/mol. The molecule has 0 bridgehead atoms. The lowest BCUT2D eigenvalue weighted by Gasteiger charge is -2.34. The molecule has 0 spiro atoms. The summed E-state index contributed by atoms with van der Waals surface area (Å²) in [5, 5.41) is 7.51. The van der Waals surface area contributed by atoms with E-state index in [4.69, 9.17) is 4.74 Å². The van der Waals surface area contributed by atoms with Crippen LogP contribution in [0.15, 0.2) is 30.6 Å². The van der Waals surface area contributed by atoms with Crippen molar-refractivity contribution in [2.45, 2.75) is 25.8 Å². The number of aryl methyl sites for hydroxylation is 2. The van der Waals surface area contributed by atoms with Crippen LogP contribution in [0.5, 0.6) is 0 Å². The molecule has 0 unspecified atom stereocenters. The molecular formula is C19H27N5O2. The number of hydrogen-bond acceptors (Lipinski definition) is 5. The summed E-state index contributed by atoms with van der Waals surface area (Å²) in [4.78, 5) is 19.1. The van der Waals surface area contributed by atoms with Gasteiger partial charge in [0, 0.05) is 39.1 Å². The van der Waals surface area contributed by atoms with E-state index in [-0.39, 0.29) is 11.9 Å². The topological polar surface area (TPSA) is 72.3 Å². The van der Waals surface area contributed by atoms with Crippen molar-refractivity contribution in [1.29, 1.82) is 0 Å². The highest BCUT2D eigenvalue weighted by molar-refractivity contribution is 5.92. The number of nitrogens with zero attached hydrogens (tertiary/aromatic N) is 4. The predicted molar refractivity (Wildman–Crippen MR) is 98.9 cm³/mol. The van der Waals surface area contributed by atoms with E-state index >= 15 is 0 Å². The standard InChI is InChI=1S/C19H27N5O2/c1-3-4-16-13-17(23(2)22-16)19(25)21-14-18(15-5-7-20-8-6-15)24-9-11-26-12-10-24/h5-8,13,18H,3-4,9-12,14H2,1-2H3,(H,21,25)/t18-/m1/s1. The van der Waals surface area contributed by atoms with Gasteiger partial charge in [-0.15, -0.1) is 0 Å². The van der Waals surface area contributed by atoms with Crippen molar-refractivity contribution >= 4 is 5.91 Å². The second-order valence-electron chi connectivity index (χ2n) is 6.55. The molecule has 1 amide bonds. The van der Waals surface area contributed by atoms with Crippen molar-refractivity contribution < 1.29 is 9.53 Å². The van der Waals surface area contributed by atoms with Crippen molar-refractivity contribution in [3.05, 3.63) is 47.5 Å². The third-order valence-corrected chi connectivity index (χ3v) is 4.70. The van der Waals surface area contributed by atoms with Crippen LogP contribution in [-0.4, -0.2) is 58.4 Å². The Hall–Kier alpha value is -2.25. The lowest BCUT2D eigenvalue weighted by Crippen LogP contribution is -2.44. The summed E-state index contributed by atoms with van der Waals surface area (Å²) in [7, 11) is 1.82. The van der Waals surface area contributed by atoms with E-state index < -0.39 is 0 Å². The molecule has 0 saturated carbocycles. The Kier molecular flexibility index (Phi) is 6.35. The van der Waals surface area contributed by atoms with Gasteiger partial charge in [-0.25, -0.2) is 0 Å². The van der Waals surface area contributed by atoms with Crippen molar-refractivity contribution in [2.75, 3.05) is 32.8 Å². The predicted octanol–water partition coefficient (Wildman–Crippen LogP) is 1.57. The molecule has 1 aliphatic rings. The Morgan fingerprint density at radius 2 is 2.04 bits per heavy atom. The second kappa shape index (κ2) is 8.91. The van der Waals surface area contributed by atoms with E-state index in [1.54, 1.807) is 17.1 Å². The molecule has 7 heteroatoms. The molecule has 0 radical (unpaired) electrons. The minimum atomic E-state index is -0.0883. The largest absolute Gasteiger partial charge is 0.379 e. The number of morpholine rings is 1. The smallest absolute Gasteiger partial charge is 0.269 e. The number of ether oxygens (including phenoxy) is 1. The Labute approximate surface area is 154 Å². The maximum Gasteiger partial charge on any atom is 0.269 e. The minimum Gasteiger partial charge on any atom is -0.379 e. The summed E-state index contributed by atoms with van der Waals surface area (Å²) in [5.74, 6) is -0.0883. The van der Waals surface area contributed by atoms with Crippen LogP contribution in [0.25, 0.3) is 0 Å². The highest BCUT2D eigenvalue weighted by atomic mass is 16.5. The van der Waals surface area contributed by atoms with E-state index in [0.29, 0.717) is 12.2 Å². The molecule has 0 aliphatic carbocycles.